The van der Waals surface area contributed by atoms with Gasteiger partial charge in [0.15, 0.2) is 0 Å². The van der Waals surface area contributed by atoms with E-state index in [4.69, 9.17) is 16.7 Å². The van der Waals surface area contributed by atoms with Crippen LogP contribution in [0.15, 0.2) is 6.07 Å². The van der Waals surface area contributed by atoms with Crippen molar-refractivity contribution < 1.29 is 5.11 Å². The Morgan fingerprint density at radius 2 is 2.12 bits per heavy atom. The quantitative estimate of drug-likeness (QED) is 0.769. The highest BCUT2D eigenvalue weighted by molar-refractivity contribution is 6.29. The summed E-state index contributed by atoms with van der Waals surface area (Å²) in [6.07, 6.45) is 1.81. The molecule has 0 aromatic carbocycles. The summed E-state index contributed by atoms with van der Waals surface area (Å²) in [7, 11) is 0. The number of rotatable bonds is 6. The van der Waals surface area contributed by atoms with Gasteiger partial charge in [-0.1, -0.05) is 25.4 Å². The zero-order valence-corrected chi connectivity index (χ0v) is 11.3. The lowest BCUT2D eigenvalue weighted by Crippen LogP contribution is -2.26. The second kappa shape index (κ2) is 6.77. The normalized spacial score (nSPS) is 14.4. The van der Waals surface area contributed by atoms with Crippen LogP contribution in [0.5, 0.6) is 0 Å². The predicted octanol–water partition coefficient (Wildman–Crippen LogP) is 2.51. The van der Waals surface area contributed by atoms with E-state index < -0.39 is 0 Å². The Hall–Kier alpha value is -0.870. The van der Waals surface area contributed by atoms with E-state index >= 15 is 0 Å². The highest BCUT2D eigenvalue weighted by Crippen LogP contribution is 2.15. The average molecular weight is 258 g/mol. The first-order chi connectivity index (χ1) is 8.06. The van der Waals surface area contributed by atoms with Crippen molar-refractivity contribution in [3.63, 3.8) is 0 Å². The van der Waals surface area contributed by atoms with Crippen molar-refractivity contribution in [2.45, 2.75) is 39.7 Å². The third kappa shape index (κ3) is 4.48. The topological polar surface area (TPSA) is 58.0 Å². The van der Waals surface area contributed by atoms with Crippen molar-refractivity contribution >= 4 is 17.4 Å². The molecule has 2 unspecified atom stereocenters. The lowest BCUT2D eigenvalue weighted by Gasteiger charge is -2.20. The van der Waals surface area contributed by atoms with Crippen molar-refractivity contribution in [2.75, 3.05) is 11.9 Å². The average Bonchev–Trinajstić information content (AvgIpc) is 2.27. The Morgan fingerprint density at radius 3 is 2.71 bits per heavy atom. The van der Waals surface area contributed by atoms with Crippen LogP contribution in [-0.4, -0.2) is 27.7 Å². The summed E-state index contributed by atoms with van der Waals surface area (Å²) in [4.78, 5) is 8.55. The summed E-state index contributed by atoms with van der Waals surface area (Å²) in [5.74, 6) is 1.64. The van der Waals surface area contributed by atoms with Gasteiger partial charge in [-0.05, 0) is 19.3 Å². The fourth-order valence-corrected chi connectivity index (χ4v) is 1.61. The molecule has 0 saturated heterocycles. The van der Waals surface area contributed by atoms with Crippen molar-refractivity contribution in [3.8, 4) is 0 Å². The maximum atomic E-state index is 9.08. The van der Waals surface area contributed by atoms with Gasteiger partial charge in [0, 0.05) is 25.1 Å². The van der Waals surface area contributed by atoms with Crippen LogP contribution in [0, 0.1) is 5.92 Å². The minimum Gasteiger partial charge on any atom is -0.396 e. The molecule has 0 fully saturated rings. The molecule has 2 atom stereocenters. The number of nitrogens with one attached hydrogen (secondary N) is 1. The number of anilines is 1. The third-order valence-corrected chi connectivity index (χ3v) is 2.93. The minimum absolute atomic E-state index is 0.139. The zero-order chi connectivity index (χ0) is 12.8. The van der Waals surface area contributed by atoms with Crippen LogP contribution in [0.4, 0.5) is 5.82 Å². The molecule has 0 aliphatic rings. The first-order valence-electron chi connectivity index (χ1n) is 5.97. The molecule has 0 saturated carbocycles. The van der Waals surface area contributed by atoms with E-state index in [-0.39, 0.29) is 18.6 Å². The SMILES string of the molecule is CCCc1nc(Cl)cc(NC(C)C(C)CO)n1. The Kier molecular flexibility index (Phi) is 5.65. The highest BCUT2D eigenvalue weighted by Gasteiger charge is 2.12. The van der Waals surface area contributed by atoms with Crippen LogP contribution in [0.25, 0.3) is 0 Å². The van der Waals surface area contributed by atoms with Gasteiger partial charge in [-0.3, -0.25) is 0 Å². The van der Waals surface area contributed by atoms with Crippen LogP contribution in [0.2, 0.25) is 5.15 Å². The van der Waals surface area contributed by atoms with Gasteiger partial charge < -0.3 is 10.4 Å². The lowest BCUT2D eigenvalue weighted by molar-refractivity contribution is 0.226. The summed E-state index contributed by atoms with van der Waals surface area (Å²) in [6, 6.07) is 1.85. The molecular weight excluding hydrogens is 238 g/mol. The summed E-state index contributed by atoms with van der Waals surface area (Å²) in [5.41, 5.74) is 0. The van der Waals surface area contributed by atoms with Gasteiger partial charge in [0.05, 0.1) is 0 Å². The maximum absolute atomic E-state index is 9.08. The Labute approximate surface area is 107 Å². The number of aliphatic hydroxyl groups excluding tert-OH is 1. The van der Waals surface area contributed by atoms with Gasteiger partial charge in [0.25, 0.3) is 0 Å². The highest BCUT2D eigenvalue weighted by atomic mass is 35.5. The molecule has 0 radical (unpaired) electrons. The second-order valence-corrected chi connectivity index (χ2v) is 4.72. The molecule has 96 valence electrons. The van der Waals surface area contributed by atoms with Crippen molar-refractivity contribution in [1.29, 1.82) is 0 Å². The molecule has 1 aromatic rings. The smallest absolute Gasteiger partial charge is 0.134 e. The van der Waals surface area contributed by atoms with Gasteiger partial charge in [-0.2, -0.15) is 0 Å². The van der Waals surface area contributed by atoms with Gasteiger partial charge in [0.2, 0.25) is 0 Å². The molecule has 1 aromatic heterocycles. The zero-order valence-electron chi connectivity index (χ0n) is 10.6. The monoisotopic (exact) mass is 257 g/mol. The number of hydrogen-bond acceptors (Lipinski definition) is 4. The van der Waals surface area contributed by atoms with E-state index in [9.17, 15) is 0 Å². The van der Waals surface area contributed by atoms with Gasteiger partial charge in [0.1, 0.15) is 16.8 Å². The molecule has 0 amide bonds. The number of aryl methyl sites for hydroxylation is 1. The molecule has 17 heavy (non-hydrogen) atoms. The van der Waals surface area contributed by atoms with E-state index in [0.29, 0.717) is 5.15 Å². The van der Waals surface area contributed by atoms with E-state index in [1.54, 1.807) is 6.07 Å². The van der Waals surface area contributed by atoms with Crippen LogP contribution in [0.3, 0.4) is 0 Å². The molecule has 2 N–H and O–H groups in total. The lowest BCUT2D eigenvalue weighted by atomic mass is 10.1. The Balaban J connectivity index is 2.76. The predicted molar refractivity (Wildman–Crippen MR) is 70.4 cm³/mol. The van der Waals surface area contributed by atoms with E-state index in [1.165, 1.54) is 0 Å². The molecular formula is C12H20ClN3O. The number of aliphatic hydroxyl groups is 1. The molecule has 1 heterocycles. The Morgan fingerprint density at radius 1 is 1.41 bits per heavy atom. The van der Waals surface area contributed by atoms with Crippen molar-refractivity contribution in [1.82, 2.24) is 9.97 Å². The summed E-state index contributed by atoms with van der Waals surface area (Å²) in [5, 5.41) is 12.8. The largest absolute Gasteiger partial charge is 0.396 e. The number of aromatic nitrogens is 2. The van der Waals surface area contributed by atoms with Crippen molar-refractivity contribution in [2.24, 2.45) is 5.92 Å². The maximum Gasteiger partial charge on any atom is 0.134 e. The van der Waals surface area contributed by atoms with Crippen LogP contribution in [-0.2, 0) is 6.42 Å². The van der Waals surface area contributed by atoms with Gasteiger partial charge in [-0.15, -0.1) is 0 Å². The summed E-state index contributed by atoms with van der Waals surface area (Å²) < 4.78 is 0. The molecule has 0 spiro atoms. The standard InChI is InChI=1S/C12H20ClN3O/c1-4-5-11-15-10(13)6-12(16-11)14-9(3)8(2)7-17/h6,8-9,17H,4-5,7H2,1-3H3,(H,14,15,16). The van der Waals surface area contributed by atoms with E-state index in [1.807, 2.05) is 13.8 Å². The third-order valence-electron chi connectivity index (χ3n) is 2.73. The Bertz CT molecular complexity index is 360. The number of hydrogen-bond donors (Lipinski definition) is 2. The first-order valence-corrected chi connectivity index (χ1v) is 6.35. The number of halogens is 1. The van der Waals surface area contributed by atoms with Crippen LogP contribution >= 0.6 is 11.6 Å². The molecule has 4 nitrogen and oxygen atoms in total. The number of nitrogens with zero attached hydrogens (tertiary/aromatic N) is 2. The van der Waals surface area contributed by atoms with Gasteiger partial charge >= 0.3 is 0 Å². The first kappa shape index (κ1) is 14.2. The van der Waals surface area contributed by atoms with E-state index in [2.05, 4.69) is 22.2 Å². The van der Waals surface area contributed by atoms with Crippen molar-refractivity contribution in [3.05, 3.63) is 17.0 Å². The summed E-state index contributed by atoms with van der Waals surface area (Å²) in [6.45, 7) is 6.21. The second-order valence-electron chi connectivity index (χ2n) is 4.34. The van der Waals surface area contributed by atoms with Gasteiger partial charge in [-0.25, -0.2) is 9.97 Å². The fraction of sp³-hybridized carbons (Fsp3) is 0.667. The summed E-state index contributed by atoms with van der Waals surface area (Å²) >= 11 is 5.94. The molecule has 1 rings (SSSR count). The molecule has 0 aliphatic carbocycles. The molecule has 0 bridgehead atoms. The van der Waals surface area contributed by atoms with Crippen LogP contribution < -0.4 is 5.32 Å². The molecule has 0 aliphatic heterocycles. The van der Waals surface area contributed by atoms with Crippen LogP contribution in [0.1, 0.15) is 33.0 Å². The van der Waals surface area contributed by atoms with E-state index in [0.717, 1.165) is 24.5 Å². The fourth-order valence-electron chi connectivity index (χ4n) is 1.41. The minimum atomic E-state index is 0.139. The molecule has 5 heteroatoms.